The second kappa shape index (κ2) is 8.87. The number of rotatable bonds is 5. The van der Waals surface area contributed by atoms with Gasteiger partial charge in [0, 0.05) is 18.1 Å². The zero-order chi connectivity index (χ0) is 13.7. The normalized spacial score (nSPS) is 16.2. The lowest BCUT2D eigenvalue weighted by molar-refractivity contribution is 0.652. The van der Waals surface area contributed by atoms with E-state index in [4.69, 9.17) is 0 Å². The highest BCUT2D eigenvalue weighted by Gasteiger charge is 2.20. The number of hydrogen-bond acceptors (Lipinski definition) is 1. The van der Waals surface area contributed by atoms with Crippen LogP contribution in [0.2, 0.25) is 0 Å². The molecular formula is C15H23BrIN3. The minimum absolute atomic E-state index is 0. The fraction of sp³-hybridized carbons (Fsp3) is 0.533. The molecule has 1 unspecified atom stereocenters. The molecule has 5 heteroatoms. The first kappa shape index (κ1) is 17.8. The largest absolute Gasteiger partial charge is 0.356 e. The molecule has 0 radical (unpaired) electrons. The fourth-order valence-corrected chi connectivity index (χ4v) is 2.73. The maximum absolute atomic E-state index is 4.28. The summed E-state index contributed by atoms with van der Waals surface area (Å²) in [7, 11) is 1.82. The van der Waals surface area contributed by atoms with Crippen molar-refractivity contribution in [3.8, 4) is 0 Å². The van der Waals surface area contributed by atoms with E-state index in [1.54, 1.807) is 0 Å². The molecule has 3 nitrogen and oxygen atoms in total. The van der Waals surface area contributed by atoms with Gasteiger partial charge in [-0.25, -0.2) is 0 Å². The van der Waals surface area contributed by atoms with Crippen LogP contribution in [0.5, 0.6) is 0 Å². The Bertz CT molecular complexity index is 446. The third-order valence-electron chi connectivity index (χ3n) is 3.49. The van der Waals surface area contributed by atoms with Crippen molar-refractivity contribution >= 4 is 45.9 Å². The smallest absolute Gasteiger partial charge is 0.191 e. The third kappa shape index (κ3) is 5.60. The molecule has 112 valence electrons. The van der Waals surface area contributed by atoms with Gasteiger partial charge in [-0.2, -0.15) is 0 Å². The Morgan fingerprint density at radius 1 is 1.40 bits per heavy atom. The Morgan fingerprint density at radius 2 is 2.10 bits per heavy atom. The maximum atomic E-state index is 4.28. The van der Waals surface area contributed by atoms with Gasteiger partial charge in [0.1, 0.15) is 0 Å². The summed E-state index contributed by atoms with van der Waals surface area (Å²) in [6.07, 6.45) is 4.06. The minimum atomic E-state index is 0. The topological polar surface area (TPSA) is 36.4 Å². The summed E-state index contributed by atoms with van der Waals surface area (Å²) in [5.74, 6) is 1.83. The molecule has 1 fully saturated rings. The predicted molar refractivity (Wildman–Crippen MR) is 99.8 cm³/mol. The Balaban J connectivity index is 0.00000200. The molecule has 1 saturated carbocycles. The van der Waals surface area contributed by atoms with Crippen LogP contribution in [-0.2, 0) is 0 Å². The monoisotopic (exact) mass is 451 g/mol. The SMILES string of the molecule is CN=C(NCCC1CC1)NC(C)c1ccccc1Br.I. The van der Waals surface area contributed by atoms with E-state index in [1.165, 1.54) is 24.8 Å². The van der Waals surface area contributed by atoms with Crippen LogP contribution < -0.4 is 10.6 Å². The second-order valence-electron chi connectivity index (χ2n) is 5.12. The van der Waals surface area contributed by atoms with E-state index >= 15 is 0 Å². The highest BCUT2D eigenvalue weighted by atomic mass is 127. The highest BCUT2D eigenvalue weighted by Crippen LogP contribution is 2.31. The van der Waals surface area contributed by atoms with Gasteiger partial charge in [-0.3, -0.25) is 4.99 Å². The first-order chi connectivity index (χ1) is 9.20. The van der Waals surface area contributed by atoms with Crippen LogP contribution in [0, 0.1) is 5.92 Å². The molecule has 0 aromatic heterocycles. The Kier molecular flexibility index (Phi) is 7.87. The quantitative estimate of drug-likeness (QED) is 0.401. The fourth-order valence-electron chi connectivity index (χ4n) is 2.10. The number of hydrogen-bond donors (Lipinski definition) is 2. The van der Waals surface area contributed by atoms with Crippen molar-refractivity contribution in [3.63, 3.8) is 0 Å². The van der Waals surface area contributed by atoms with Crippen molar-refractivity contribution in [3.05, 3.63) is 34.3 Å². The second-order valence-corrected chi connectivity index (χ2v) is 5.97. The summed E-state index contributed by atoms with van der Waals surface area (Å²) in [6, 6.07) is 8.50. The van der Waals surface area contributed by atoms with E-state index in [-0.39, 0.29) is 30.0 Å². The summed E-state index contributed by atoms with van der Waals surface area (Å²) in [5.41, 5.74) is 1.24. The minimum Gasteiger partial charge on any atom is -0.356 e. The standard InChI is InChI=1S/C15H22BrN3.HI/c1-11(13-5-3-4-6-14(13)16)19-15(17-2)18-10-9-12-7-8-12;/h3-6,11-12H,7-10H2,1-2H3,(H2,17,18,19);1H. The van der Waals surface area contributed by atoms with Gasteiger partial charge in [0.15, 0.2) is 5.96 Å². The van der Waals surface area contributed by atoms with Gasteiger partial charge in [0.2, 0.25) is 0 Å². The van der Waals surface area contributed by atoms with Crippen molar-refractivity contribution in [1.82, 2.24) is 10.6 Å². The Morgan fingerprint density at radius 3 is 2.70 bits per heavy atom. The zero-order valence-electron chi connectivity index (χ0n) is 12.0. The summed E-state index contributed by atoms with van der Waals surface area (Å²) in [5, 5.41) is 6.81. The number of aliphatic imine (C=N–C) groups is 1. The number of nitrogens with one attached hydrogen (secondary N) is 2. The third-order valence-corrected chi connectivity index (χ3v) is 4.21. The number of halogens is 2. The van der Waals surface area contributed by atoms with Crippen molar-refractivity contribution < 1.29 is 0 Å². The maximum Gasteiger partial charge on any atom is 0.191 e. The average Bonchev–Trinajstić information content (AvgIpc) is 3.22. The zero-order valence-corrected chi connectivity index (χ0v) is 15.9. The highest BCUT2D eigenvalue weighted by molar-refractivity contribution is 14.0. The molecule has 1 aromatic carbocycles. The predicted octanol–water partition coefficient (Wildman–Crippen LogP) is 4.09. The molecule has 1 aromatic rings. The van der Waals surface area contributed by atoms with Crippen LogP contribution >= 0.6 is 39.9 Å². The molecule has 2 N–H and O–H groups in total. The van der Waals surface area contributed by atoms with Crippen LogP contribution in [-0.4, -0.2) is 19.6 Å². The number of guanidine groups is 1. The van der Waals surface area contributed by atoms with Gasteiger partial charge in [-0.15, -0.1) is 24.0 Å². The number of nitrogens with zero attached hydrogens (tertiary/aromatic N) is 1. The summed E-state index contributed by atoms with van der Waals surface area (Å²) in [6.45, 7) is 3.15. The van der Waals surface area contributed by atoms with Crippen LogP contribution in [0.4, 0.5) is 0 Å². The summed E-state index contributed by atoms with van der Waals surface area (Å²) >= 11 is 3.59. The molecule has 1 aliphatic rings. The molecule has 0 spiro atoms. The van der Waals surface area contributed by atoms with Crippen LogP contribution in [0.1, 0.15) is 37.8 Å². The van der Waals surface area contributed by atoms with Gasteiger partial charge in [-0.1, -0.05) is 47.0 Å². The van der Waals surface area contributed by atoms with Gasteiger partial charge in [0.05, 0.1) is 6.04 Å². The van der Waals surface area contributed by atoms with Crippen molar-refractivity contribution in [1.29, 1.82) is 0 Å². The van der Waals surface area contributed by atoms with Gasteiger partial charge < -0.3 is 10.6 Å². The van der Waals surface area contributed by atoms with E-state index in [0.29, 0.717) is 0 Å². The molecule has 2 rings (SSSR count). The van der Waals surface area contributed by atoms with Gasteiger partial charge in [-0.05, 0) is 30.9 Å². The van der Waals surface area contributed by atoms with Gasteiger partial charge >= 0.3 is 0 Å². The molecule has 0 aliphatic heterocycles. The Labute approximate surface area is 147 Å². The molecule has 0 bridgehead atoms. The van der Waals surface area contributed by atoms with Crippen LogP contribution in [0.15, 0.2) is 33.7 Å². The van der Waals surface area contributed by atoms with Crippen molar-refractivity contribution in [2.75, 3.05) is 13.6 Å². The molecular weight excluding hydrogens is 429 g/mol. The van der Waals surface area contributed by atoms with Gasteiger partial charge in [0.25, 0.3) is 0 Å². The van der Waals surface area contributed by atoms with E-state index < -0.39 is 0 Å². The molecule has 0 saturated heterocycles. The van der Waals surface area contributed by atoms with E-state index in [1.807, 2.05) is 13.1 Å². The van der Waals surface area contributed by atoms with Crippen LogP contribution in [0.3, 0.4) is 0 Å². The first-order valence-electron chi connectivity index (χ1n) is 6.92. The lowest BCUT2D eigenvalue weighted by atomic mass is 10.1. The van der Waals surface area contributed by atoms with E-state index in [2.05, 4.69) is 56.7 Å². The lowest BCUT2D eigenvalue weighted by Gasteiger charge is -2.19. The molecule has 1 aliphatic carbocycles. The van der Waals surface area contributed by atoms with Crippen molar-refractivity contribution in [2.45, 2.75) is 32.2 Å². The first-order valence-corrected chi connectivity index (χ1v) is 7.71. The lowest BCUT2D eigenvalue weighted by Crippen LogP contribution is -2.39. The molecule has 0 heterocycles. The average molecular weight is 452 g/mol. The summed E-state index contributed by atoms with van der Waals surface area (Å²) < 4.78 is 1.13. The van der Waals surface area contributed by atoms with Crippen molar-refractivity contribution in [2.24, 2.45) is 10.9 Å². The van der Waals surface area contributed by atoms with E-state index in [0.717, 1.165) is 22.9 Å². The van der Waals surface area contributed by atoms with Crippen LogP contribution in [0.25, 0.3) is 0 Å². The number of benzene rings is 1. The molecule has 1 atom stereocenters. The Hall–Kier alpha value is -0.300. The molecule has 20 heavy (non-hydrogen) atoms. The molecule has 0 amide bonds. The van der Waals surface area contributed by atoms with E-state index in [9.17, 15) is 0 Å². The summed E-state index contributed by atoms with van der Waals surface area (Å²) in [4.78, 5) is 4.28.